The van der Waals surface area contributed by atoms with Crippen molar-refractivity contribution < 1.29 is 14.3 Å². The van der Waals surface area contributed by atoms with E-state index in [1.54, 1.807) is 0 Å². The second-order valence-electron chi connectivity index (χ2n) is 5.54. The molecule has 0 spiro atoms. The van der Waals surface area contributed by atoms with Gasteiger partial charge in [0.2, 0.25) is 5.91 Å². The van der Waals surface area contributed by atoms with Crippen LogP contribution in [0.25, 0.3) is 0 Å². The summed E-state index contributed by atoms with van der Waals surface area (Å²) in [5.41, 5.74) is 2.05. The summed E-state index contributed by atoms with van der Waals surface area (Å²) in [6, 6.07) is 16.7. The van der Waals surface area contributed by atoms with Crippen LogP contribution in [0.15, 0.2) is 54.6 Å². The van der Waals surface area contributed by atoms with E-state index in [2.05, 4.69) is 16.0 Å². The number of hydrogen-bond acceptors (Lipinski definition) is 3. The molecule has 2 aromatic rings. The molecular formula is C18H19N3O3. The van der Waals surface area contributed by atoms with Crippen molar-refractivity contribution in [3.8, 4) is 5.75 Å². The Labute approximate surface area is 140 Å². The van der Waals surface area contributed by atoms with Crippen LogP contribution in [0.1, 0.15) is 11.1 Å². The average Bonchev–Trinajstić information content (AvgIpc) is 3.06. The third-order valence-corrected chi connectivity index (χ3v) is 3.73. The number of nitrogens with one attached hydrogen (secondary N) is 3. The van der Waals surface area contributed by atoms with Gasteiger partial charge in [0, 0.05) is 13.1 Å². The van der Waals surface area contributed by atoms with Crippen LogP contribution in [-0.4, -0.2) is 24.5 Å². The Morgan fingerprint density at radius 2 is 1.79 bits per heavy atom. The van der Waals surface area contributed by atoms with Crippen LogP contribution in [0.3, 0.4) is 0 Å². The minimum absolute atomic E-state index is 0.190. The molecular weight excluding hydrogens is 306 g/mol. The van der Waals surface area contributed by atoms with Crippen LogP contribution in [0, 0.1) is 0 Å². The van der Waals surface area contributed by atoms with Gasteiger partial charge in [0.05, 0.1) is 0 Å². The van der Waals surface area contributed by atoms with Gasteiger partial charge in [-0.3, -0.25) is 4.79 Å². The van der Waals surface area contributed by atoms with Gasteiger partial charge in [-0.05, 0) is 23.3 Å². The molecule has 24 heavy (non-hydrogen) atoms. The third-order valence-electron chi connectivity index (χ3n) is 3.73. The number of carbonyl (C=O) groups is 2. The topological polar surface area (TPSA) is 79.5 Å². The van der Waals surface area contributed by atoms with E-state index in [-0.39, 0.29) is 11.9 Å². The van der Waals surface area contributed by atoms with Gasteiger partial charge in [-0.1, -0.05) is 42.5 Å². The van der Waals surface area contributed by atoms with E-state index in [1.807, 2.05) is 54.6 Å². The molecule has 0 saturated carbocycles. The largest absolute Gasteiger partial charge is 0.489 e. The van der Waals surface area contributed by atoms with E-state index >= 15 is 0 Å². The van der Waals surface area contributed by atoms with Gasteiger partial charge in [0.1, 0.15) is 18.4 Å². The van der Waals surface area contributed by atoms with Crippen LogP contribution >= 0.6 is 0 Å². The lowest BCUT2D eigenvalue weighted by molar-refractivity contribution is -0.122. The standard InChI is InChI=1S/C18H19N3O3/c22-17(16-11-20-18(23)21-16)19-10-13-6-8-14(9-7-13)12-24-15-4-2-1-3-5-15/h1-9,16H,10-12H2,(H,19,22)(H2,20,21,23)/t16-/m0/s1. The summed E-state index contributed by atoms with van der Waals surface area (Å²) in [5, 5.41) is 7.93. The average molecular weight is 325 g/mol. The molecule has 0 bridgehead atoms. The number of amides is 3. The maximum Gasteiger partial charge on any atom is 0.315 e. The molecule has 2 aromatic carbocycles. The van der Waals surface area contributed by atoms with Crippen molar-refractivity contribution in [2.75, 3.05) is 6.54 Å². The Kier molecular flexibility index (Phi) is 4.96. The highest BCUT2D eigenvalue weighted by Gasteiger charge is 2.26. The van der Waals surface area contributed by atoms with Crippen molar-refractivity contribution in [2.45, 2.75) is 19.2 Å². The second-order valence-corrected chi connectivity index (χ2v) is 5.54. The maximum atomic E-state index is 11.9. The fraction of sp³-hybridized carbons (Fsp3) is 0.222. The monoisotopic (exact) mass is 325 g/mol. The lowest BCUT2D eigenvalue weighted by Gasteiger charge is -2.10. The molecule has 0 radical (unpaired) electrons. The molecule has 0 aromatic heterocycles. The highest BCUT2D eigenvalue weighted by atomic mass is 16.5. The summed E-state index contributed by atoms with van der Waals surface area (Å²) >= 11 is 0. The quantitative estimate of drug-likeness (QED) is 0.754. The summed E-state index contributed by atoms with van der Waals surface area (Å²) in [4.78, 5) is 22.9. The SMILES string of the molecule is O=C1NC[C@@H](C(=O)NCc2ccc(COc3ccccc3)cc2)N1. The predicted molar refractivity (Wildman–Crippen MR) is 89.4 cm³/mol. The lowest BCUT2D eigenvalue weighted by Crippen LogP contribution is -2.42. The minimum atomic E-state index is -0.504. The Bertz CT molecular complexity index is 701. The Hall–Kier alpha value is -3.02. The first-order chi connectivity index (χ1) is 11.7. The van der Waals surface area contributed by atoms with Crippen LogP contribution < -0.4 is 20.7 Å². The first kappa shape index (κ1) is 15.9. The Morgan fingerprint density at radius 1 is 1.08 bits per heavy atom. The molecule has 1 atom stereocenters. The number of ether oxygens (including phenoxy) is 1. The van der Waals surface area contributed by atoms with Gasteiger partial charge in [0.15, 0.2) is 0 Å². The lowest BCUT2D eigenvalue weighted by atomic mass is 10.1. The second kappa shape index (κ2) is 7.50. The summed E-state index contributed by atoms with van der Waals surface area (Å²) in [6.07, 6.45) is 0. The van der Waals surface area contributed by atoms with Crippen molar-refractivity contribution in [3.05, 3.63) is 65.7 Å². The molecule has 3 amide bonds. The van der Waals surface area contributed by atoms with Gasteiger partial charge < -0.3 is 20.7 Å². The molecule has 1 heterocycles. The number of hydrogen-bond donors (Lipinski definition) is 3. The highest BCUT2D eigenvalue weighted by Crippen LogP contribution is 2.12. The number of carbonyl (C=O) groups excluding carboxylic acids is 2. The molecule has 0 unspecified atom stereocenters. The molecule has 3 rings (SSSR count). The predicted octanol–water partition coefficient (Wildman–Crippen LogP) is 1.56. The molecule has 1 fully saturated rings. The summed E-state index contributed by atoms with van der Waals surface area (Å²) < 4.78 is 5.69. The zero-order valence-corrected chi connectivity index (χ0v) is 13.1. The fourth-order valence-corrected chi connectivity index (χ4v) is 2.36. The smallest absolute Gasteiger partial charge is 0.315 e. The first-order valence-corrected chi connectivity index (χ1v) is 7.78. The zero-order chi connectivity index (χ0) is 16.8. The van der Waals surface area contributed by atoms with Crippen molar-refractivity contribution >= 4 is 11.9 Å². The van der Waals surface area contributed by atoms with Crippen LogP contribution in [0.2, 0.25) is 0 Å². The number of benzene rings is 2. The molecule has 124 valence electrons. The molecule has 1 saturated heterocycles. The van der Waals surface area contributed by atoms with E-state index in [4.69, 9.17) is 4.74 Å². The minimum Gasteiger partial charge on any atom is -0.489 e. The zero-order valence-electron chi connectivity index (χ0n) is 13.1. The molecule has 6 nitrogen and oxygen atoms in total. The normalized spacial score (nSPS) is 16.2. The number of para-hydroxylation sites is 1. The number of urea groups is 1. The fourth-order valence-electron chi connectivity index (χ4n) is 2.36. The van der Waals surface area contributed by atoms with Gasteiger partial charge in [-0.15, -0.1) is 0 Å². The molecule has 1 aliphatic rings. The van der Waals surface area contributed by atoms with Crippen LogP contribution in [0.4, 0.5) is 4.79 Å². The number of rotatable bonds is 6. The maximum absolute atomic E-state index is 11.9. The van der Waals surface area contributed by atoms with E-state index in [0.717, 1.165) is 16.9 Å². The van der Waals surface area contributed by atoms with Crippen LogP contribution in [-0.2, 0) is 17.9 Å². The van der Waals surface area contributed by atoms with E-state index in [0.29, 0.717) is 19.7 Å². The van der Waals surface area contributed by atoms with Crippen molar-refractivity contribution in [1.29, 1.82) is 0 Å². The third kappa shape index (κ3) is 4.25. The van der Waals surface area contributed by atoms with Crippen LogP contribution in [0.5, 0.6) is 5.75 Å². The van der Waals surface area contributed by atoms with Gasteiger partial charge >= 0.3 is 6.03 Å². The highest BCUT2D eigenvalue weighted by molar-refractivity contribution is 5.90. The molecule has 3 N–H and O–H groups in total. The summed E-state index contributed by atoms with van der Waals surface area (Å²) in [6.45, 7) is 1.24. The van der Waals surface area contributed by atoms with Crippen molar-refractivity contribution in [3.63, 3.8) is 0 Å². The van der Waals surface area contributed by atoms with Gasteiger partial charge in [-0.25, -0.2) is 4.79 Å². The first-order valence-electron chi connectivity index (χ1n) is 7.78. The van der Waals surface area contributed by atoms with Crippen molar-refractivity contribution in [1.82, 2.24) is 16.0 Å². The summed E-state index contributed by atoms with van der Waals surface area (Å²) in [5.74, 6) is 0.644. The van der Waals surface area contributed by atoms with Gasteiger partial charge in [-0.2, -0.15) is 0 Å². The van der Waals surface area contributed by atoms with Gasteiger partial charge in [0.25, 0.3) is 0 Å². The van der Waals surface area contributed by atoms with E-state index in [9.17, 15) is 9.59 Å². The Morgan fingerprint density at radius 3 is 2.46 bits per heavy atom. The van der Waals surface area contributed by atoms with Crippen molar-refractivity contribution in [2.24, 2.45) is 0 Å². The van der Waals surface area contributed by atoms with E-state index in [1.165, 1.54) is 0 Å². The van der Waals surface area contributed by atoms with E-state index < -0.39 is 6.04 Å². The summed E-state index contributed by atoms with van der Waals surface area (Å²) in [7, 11) is 0. The molecule has 6 heteroatoms. The molecule has 1 aliphatic heterocycles. The Balaban J connectivity index is 1.46. The molecule has 0 aliphatic carbocycles.